The summed E-state index contributed by atoms with van der Waals surface area (Å²) >= 11 is 3.94. The first-order valence-corrected chi connectivity index (χ1v) is 14.1. The van der Waals surface area contributed by atoms with Gasteiger partial charge in [-0.05, 0) is 45.0 Å². The van der Waals surface area contributed by atoms with E-state index in [0.717, 1.165) is 16.2 Å². The lowest BCUT2D eigenvalue weighted by molar-refractivity contribution is -0.160. The van der Waals surface area contributed by atoms with E-state index in [1.807, 2.05) is 24.3 Å². The van der Waals surface area contributed by atoms with Crippen LogP contribution in [0.25, 0.3) is 0 Å². The maximum atomic E-state index is 13.3. The zero-order valence-corrected chi connectivity index (χ0v) is 23.8. The van der Waals surface area contributed by atoms with Crippen molar-refractivity contribution in [3.8, 4) is 5.75 Å². The number of anilines is 1. The van der Waals surface area contributed by atoms with Gasteiger partial charge in [-0.25, -0.2) is 9.78 Å². The molecule has 1 saturated heterocycles. The first kappa shape index (κ1) is 27.8. The van der Waals surface area contributed by atoms with Crippen LogP contribution in [0.15, 0.2) is 49.6 Å². The Morgan fingerprint density at radius 2 is 1.95 bits per heavy atom. The number of oxime groups is 1. The van der Waals surface area contributed by atoms with Gasteiger partial charge in [0.2, 0.25) is 0 Å². The molecule has 2 aliphatic rings. The minimum Gasteiger partial charge on any atom is -0.497 e. The van der Waals surface area contributed by atoms with Gasteiger partial charge >= 0.3 is 5.97 Å². The van der Waals surface area contributed by atoms with E-state index < -0.39 is 35.5 Å². The Morgan fingerprint density at radius 1 is 1.24 bits per heavy atom. The second-order valence-corrected chi connectivity index (χ2v) is 12.4. The number of rotatable bonds is 8. The second-order valence-electron chi connectivity index (χ2n) is 9.15. The molecule has 4 rings (SSSR count). The van der Waals surface area contributed by atoms with Crippen molar-refractivity contribution in [2.45, 2.75) is 43.4 Å². The molecule has 1 aromatic heterocycles. The Morgan fingerprint density at radius 3 is 2.53 bits per heavy atom. The van der Waals surface area contributed by atoms with Gasteiger partial charge in [-0.15, -0.1) is 23.1 Å². The highest BCUT2D eigenvalue weighted by molar-refractivity contribution is 8.22. The van der Waals surface area contributed by atoms with Crippen LogP contribution in [0.1, 0.15) is 26.5 Å². The molecule has 14 heteroatoms. The summed E-state index contributed by atoms with van der Waals surface area (Å²) in [6, 6.07) is 6.07. The van der Waals surface area contributed by atoms with E-state index in [1.165, 1.54) is 35.5 Å². The first-order valence-electron chi connectivity index (χ1n) is 11.4. The molecule has 2 amide bonds. The molecular formula is C24H27N5O6S3. The number of ether oxygens (including phenoxy) is 2. The Labute approximate surface area is 232 Å². The van der Waals surface area contributed by atoms with Gasteiger partial charge in [0.1, 0.15) is 30.2 Å². The molecule has 0 radical (unpaired) electrons. The highest BCUT2D eigenvalue weighted by Crippen LogP contribution is 2.47. The Bertz CT molecular complexity index is 1300. The third-order valence-corrected chi connectivity index (χ3v) is 8.48. The van der Waals surface area contributed by atoms with Gasteiger partial charge in [-0.1, -0.05) is 16.9 Å². The standard InChI is InChI=1S/C24H27N5O6S3/c1-24(2,3)35-21(32)18-22(38-13-8-6-12(33-4)7-9-13)36-11-15-17(20(31)29(15)18)27-19(30)16(28-34-5)14-10-37-23(25)26-14/h6-10,15,17H,11H2,1-5H3,(H2,25,26)(H,27,30). The summed E-state index contributed by atoms with van der Waals surface area (Å²) < 4.78 is 11.5. The number of thioether (sulfide) groups is 2. The molecule has 202 valence electrons. The van der Waals surface area contributed by atoms with Gasteiger partial charge in [-0.2, -0.15) is 0 Å². The summed E-state index contributed by atoms with van der Waals surface area (Å²) in [5.74, 6) is -0.501. The lowest BCUT2D eigenvalue weighted by Crippen LogP contribution is -2.73. The Balaban J connectivity index is 1.58. The largest absolute Gasteiger partial charge is 0.497 e. The van der Waals surface area contributed by atoms with Crippen LogP contribution >= 0.6 is 34.9 Å². The van der Waals surface area contributed by atoms with Crippen LogP contribution in [0, 0.1) is 0 Å². The van der Waals surface area contributed by atoms with Crippen LogP contribution in [0.3, 0.4) is 0 Å². The molecule has 3 N–H and O–H groups in total. The molecular weight excluding hydrogens is 550 g/mol. The van der Waals surface area contributed by atoms with Crippen LogP contribution < -0.4 is 15.8 Å². The number of amides is 2. The number of carbonyl (C=O) groups is 3. The zero-order chi connectivity index (χ0) is 27.6. The number of esters is 1. The molecule has 2 aliphatic heterocycles. The summed E-state index contributed by atoms with van der Waals surface area (Å²) in [5, 5.41) is 8.32. The molecule has 2 unspecified atom stereocenters. The van der Waals surface area contributed by atoms with Crippen molar-refractivity contribution in [2.75, 3.05) is 25.7 Å². The number of hydrogen-bond donors (Lipinski definition) is 2. The fraction of sp³-hybridized carbons (Fsp3) is 0.375. The predicted molar refractivity (Wildman–Crippen MR) is 147 cm³/mol. The molecule has 3 heterocycles. The van der Waals surface area contributed by atoms with Crippen molar-refractivity contribution in [3.05, 3.63) is 45.3 Å². The SMILES string of the molecule is CON=C(C(=O)NC1C(=O)N2C(C(=O)OC(C)(C)C)=C(Sc3ccc(OC)cc3)SCC12)c1csc(N)n1. The number of hydrogen-bond acceptors (Lipinski definition) is 12. The fourth-order valence-electron chi connectivity index (χ4n) is 3.72. The van der Waals surface area contributed by atoms with Crippen LogP contribution in [0.4, 0.5) is 5.13 Å². The van der Waals surface area contributed by atoms with Gasteiger partial charge < -0.3 is 25.4 Å². The summed E-state index contributed by atoms with van der Waals surface area (Å²) in [4.78, 5) is 50.8. The number of carbonyl (C=O) groups excluding carboxylic acids is 3. The summed E-state index contributed by atoms with van der Waals surface area (Å²) in [6.45, 7) is 5.29. The van der Waals surface area contributed by atoms with Gasteiger partial charge in [-0.3, -0.25) is 14.5 Å². The minimum atomic E-state index is -0.863. The normalized spacial score (nSPS) is 19.4. The summed E-state index contributed by atoms with van der Waals surface area (Å²) in [6.07, 6.45) is 0. The van der Waals surface area contributed by atoms with E-state index in [1.54, 1.807) is 33.3 Å². The van der Waals surface area contributed by atoms with Crippen molar-refractivity contribution in [2.24, 2.45) is 5.16 Å². The number of nitrogen functional groups attached to an aromatic ring is 1. The van der Waals surface area contributed by atoms with E-state index in [2.05, 4.69) is 15.5 Å². The number of methoxy groups -OCH3 is 1. The number of nitrogens with two attached hydrogens (primary N) is 1. The van der Waals surface area contributed by atoms with E-state index in [-0.39, 0.29) is 22.2 Å². The number of benzene rings is 1. The zero-order valence-electron chi connectivity index (χ0n) is 21.3. The van der Waals surface area contributed by atoms with Gasteiger partial charge in [0.15, 0.2) is 16.5 Å². The predicted octanol–water partition coefficient (Wildman–Crippen LogP) is 2.83. The second kappa shape index (κ2) is 11.3. The quantitative estimate of drug-likeness (QED) is 0.208. The van der Waals surface area contributed by atoms with Crippen molar-refractivity contribution >= 4 is 63.5 Å². The molecule has 2 atom stereocenters. The van der Waals surface area contributed by atoms with Crippen LogP contribution in [0.5, 0.6) is 5.75 Å². The maximum absolute atomic E-state index is 13.3. The third-order valence-electron chi connectivity index (χ3n) is 5.35. The molecule has 0 spiro atoms. The van der Waals surface area contributed by atoms with Crippen molar-refractivity contribution in [3.63, 3.8) is 0 Å². The molecule has 0 bridgehead atoms. The average molecular weight is 578 g/mol. The number of thiazole rings is 1. The highest BCUT2D eigenvalue weighted by atomic mass is 32.2. The Hall–Kier alpha value is -3.23. The Kier molecular flexibility index (Phi) is 8.23. The van der Waals surface area contributed by atoms with Crippen molar-refractivity contribution in [1.29, 1.82) is 0 Å². The van der Waals surface area contributed by atoms with Gasteiger partial charge in [0.25, 0.3) is 11.8 Å². The fourth-order valence-corrected chi connectivity index (χ4v) is 6.74. The topological polar surface area (TPSA) is 145 Å². The average Bonchev–Trinajstić information content (AvgIpc) is 3.30. The number of β-lactam (4-membered cyclic amide) rings is 1. The molecule has 38 heavy (non-hydrogen) atoms. The smallest absolute Gasteiger partial charge is 0.357 e. The molecule has 0 saturated carbocycles. The summed E-state index contributed by atoms with van der Waals surface area (Å²) in [7, 11) is 2.89. The van der Waals surface area contributed by atoms with Crippen LogP contribution in [-0.2, 0) is 24.0 Å². The first-order chi connectivity index (χ1) is 18.0. The molecule has 11 nitrogen and oxygen atoms in total. The molecule has 2 aromatic rings. The highest BCUT2D eigenvalue weighted by Gasteiger charge is 2.55. The third kappa shape index (κ3) is 5.92. The molecule has 1 fully saturated rings. The number of aromatic nitrogens is 1. The molecule has 1 aromatic carbocycles. The van der Waals surface area contributed by atoms with E-state index >= 15 is 0 Å². The summed E-state index contributed by atoms with van der Waals surface area (Å²) in [5.41, 5.74) is 5.22. The lowest BCUT2D eigenvalue weighted by Gasteiger charge is -2.50. The number of nitrogens with zero attached hydrogens (tertiary/aromatic N) is 3. The monoisotopic (exact) mass is 577 g/mol. The maximum Gasteiger partial charge on any atom is 0.357 e. The van der Waals surface area contributed by atoms with E-state index in [0.29, 0.717) is 15.7 Å². The van der Waals surface area contributed by atoms with Crippen molar-refractivity contribution < 1.29 is 28.7 Å². The van der Waals surface area contributed by atoms with Crippen molar-refractivity contribution in [1.82, 2.24) is 15.2 Å². The van der Waals surface area contributed by atoms with Gasteiger partial charge in [0, 0.05) is 16.0 Å². The lowest BCUT2D eigenvalue weighted by atomic mass is 9.94. The van der Waals surface area contributed by atoms with Crippen LogP contribution in [0.2, 0.25) is 0 Å². The van der Waals surface area contributed by atoms with Crippen LogP contribution in [-0.4, -0.2) is 71.0 Å². The van der Waals surface area contributed by atoms with E-state index in [9.17, 15) is 14.4 Å². The number of fused-ring (bicyclic) bond motifs is 1. The van der Waals surface area contributed by atoms with Gasteiger partial charge in [0.05, 0.1) is 17.4 Å². The van der Waals surface area contributed by atoms with E-state index in [4.69, 9.17) is 20.0 Å². The number of nitrogens with one attached hydrogen (secondary N) is 1. The minimum absolute atomic E-state index is 0.103. The molecule has 0 aliphatic carbocycles.